The highest BCUT2D eigenvalue weighted by Gasteiger charge is 2.64. The van der Waals surface area contributed by atoms with Gasteiger partial charge < -0.3 is 19.7 Å². The summed E-state index contributed by atoms with van der Waals surface area (Å²) in [7, 11) is 0. The molecule has 0 radical (unpaired) electrons. The Morgan fingerprint density at radius 2 is 2.14 bits per heavy atom. The first-order chi connectivity index (χ1) is 10.2. The van der Waals surface area contributed by atoms with Gasteiger partial charge in [-0.05, 0) is 26.8 Å². The zero-order valence-corrected chi connectivity index (χ0v) is 13.1. The van der Waals surface area contributed by atoms with Crippen molar-refractivity contribution in [3.05, 3.63) is 23.7 Å². The second-order valence-electron chi connectivity index (χ2n) is 5.94. The standard InChI is InChI=1S/C14H16N2O5S/c1-6-7(4-5-21-6)10(17)15-8-11(18)16-9(13(19)20)14(2,3)22-12(8)16/h4-5,8-9,12H,1-3H3,(H,15,17)(H,19,20)/t8-,9-,12-/m0/s1. The van der Waals surface area contributed by atoms with Gasteiger partial charge in [0, 0.05) is 4.75 Å². The Balaban J connectivity index is 1.77. The Bertz CT molecular complexity index is 668. The van der Waals surface area contributed by atoms with Crippen molar-refractivity contribution in [1.82, 2.24) is 10.2 Å². The van der Waals surface area contributed by atoms with Gasteiger partial charge >= 0.3 is 5.97 Å². The molecule has 118 valence electrons. The first-order valence-corrected chi connectivity index (χ1v) is 7.70. The molecule has 8 heteroatoms. The van der Waals surface area contributed by atoms with Crippen LogP contribution < -0.4 is 5.32 Å². The molecule has 7 nitrogen and oxygen atoms in total. The first-order valence-electron chi connectivity index (χ1n) is 6.82. The van der Waals surface area contributed by atoms with Crippen molar-refractivity contribution in [1.29, 1.82) is 0 Å². The van der Waals surface area contributed by atoms with Crippen LogP contribution in [0.15, 0.2) is 16.7 Å². The van der Waals surface area contributed by atoms with Gasteiger partial charge in [-0.15, -0.1) is 11.8 Å². The predicted molar refractivity (Wildman–Crippen MR) is 78.4 cm³/mol. The lowest BCUT2D eigenvalue weighted by Gasteiger charge is -2.43. The molecule has 2 fully saturated rings. The minimum Gasteiger partial charge on any atom is -0.480 e. The molecule has 22 heavy (non-hydrogen) atoms. The third kappa shape index (κ3) is 2.01. The number of fused-ring (bicyclic) bond motifs is 1. The molecular formula is C14H16N2O5S. The maximum atomic E-state index is 12.2. The second kappa shape index (κ2) is 4.77. The van der Waals surface area contributed by atoms with Gasteiger partial charge in [0.05, 0.1) is 11.8 Å². The minimum absolute atomic E-state index is 0.347. The number of β-lactam (4-membered cyclic amide) rings is 1. The number of nitrogens with one attached hydrogen (secondary N) is 1. The molecule has 1 aromatic heterocycles. The monoisotopic (exact) mass is 324 g/mol. The van der Waals surface area contributed by atoms with Crippen LogP contribution in [0.3, 0.4) is 0 Å². The molecule has 0 spiro atoms. The van der Waals surface area contributed by atoms with Crippen molar-refractivity contribution in [2.24, 2.45) is 0 Å². The Hall–Kier alpha value is -1.96. The second-order valence-corrected chi connectivity index (χ2v) is 7.71. The number of aliphatic carboxylic acids is 1. The van der Waals surface area contributed by atoms with E-state index in [2.05, 4.69) is 5.32 Å². The average molecular weight is 324 g/mol. The molecule has 3 heterocycles. The highest BCUT2D eigenvalue weighted by atomic mass is 32.2. The molecule has 3 rings (SSSR count). The van der Waals surface area contributed by atoms with E-state index in [0.29, 0.717) is 11.3 Å². The normalized spacial score (nSPS) is 29.0. The van der Waals surface area contributed by atoms with Gasteiger partial charge in [0.25, 0.3) is 5.91 Å². The van der Waals surface area contributed by atoms with Crippen LogP contribution in [0.5, 0.6) is 0 Å². The number of hydrogen-bond donors (Lipinski definition) is 2. The number of carbonyl (C=O) groups is 3. The molecule has 2 aliphatic heterocycles. The SMILES string of the molecule is Cc1occc1C(=O)N[C@H]1C(=O)N2[C@@H](C(=O)O)C(C)(C)S[C@@H]12. The Morgan fingerprint density at radius 1 is 1.45 bits per heavy atom. The maximum absolute atomic E-state index is 12.2. The van der Waals surface area contributed by atoms with Crippen LogP contribution in [0, 0.1) is 6.92 Å². The number of nitrogens with zero attached hydrogens (tertiary/aromatic N) is 1. The molecule has 2 aliphatic rings. The topological polar surface area (TPSA) is 99.9 Å². The molecule has 2 saturated heterocycles. The van der Waals surface area contributed by atoms with Crippen LogP contribution in [0.4, 0.5) is 0 Å². The zero-order chi connectivity index (χ0) is 16.2. The number of amides is 2. The molecule has 0 unspecified atom stereocenters. The number of rotatable bonds is 3. The number of thioether (sulfide) groups is 1. The number of carboxylic acids is 1. The smallest absolute Gasteiger partial charge is 0.327 e. The molecule has 0 bridgehead atoms. The molecular weight excluding hydrogens is 308 g/mol. The van der Waals surface area contributed by atoms with E-state index >= 15 is 0 Å². The van der Waals surface area contributed by atoms with E-state index in [9.17, 15) is 19.5 Å². The number of hydrogen-bond acceptors (Lipinski definition) is 5. The van der Waals surface area contributed by atoms with Crippen molar-refractivity contribution < 1.29 is 23.9 Å². The van der Waals surface area contributed by atoms with Crippen molar-refractivity contribution >= 4 is 29.5 Å². The van der Waals surface area contributed by atoms with Gasteiger partial charge in [-0.2, -0.15) is 0 Å². The van der Waals surface area contributed by atoms with Crippen molar-refractivity contribution in [2.75, 3.05) is 0 Å². The Morgan fingerprint density at radius 3 is 2.68 bits per heavy atom. The average Bonchev–Trinajstić information content (AvgIpc) is 2.95. The van der Waals surface area contributed by atoms with E-state index in [4.69, 9.17) is 4.42 Å². The molecule has 2 amide bonds. The summed E-state index contributed by atoms with van der Waals surface area (Å²) >= 11 is 1.40. The highest BCUT2D eigenvalue weighted by Crippen LogP contribution is 2.50. The summed E-state index contributed by atoms with van der Waals surface area (Å²) in [6, 6.07) is -0.0357. The lowest BCUT2D eigenvalue weighted by molar-refractivity contribution is -0.159. The summed E-state index contributed by atoms with van der Waals surface area (Å²) in [6.45, 7) is 5.25. The summed E-state index contributed by atoms with van der Waals surface area (Å²) in [5, 5.41) is 11.7. The summed E-state index contributed by atoms with van der Waals surface area (Å²) in [6.07, 6.45) is 1.41. The summed E-state index contributed by atoms with van der Waals surface area (Å²) in [5.74, 6) is -1.29. The van der Waals surface area contributed by atoms with Crippen LogP contribution in [0.25, 0.3) is 0 Å². The van der Waals surface area contributed by atoms with Crippen LogP contribution in [-0.2, 0) is 9.59 Å². The molecule has 3 atom stereocenters. The molecule has 1 aromatic rings. The molecule has 0 aliphatic carbocycles. The van der Waals surface area contributed by atoms with Crippen LogP contribution >= 0.6 is 11.8 Å². The fourth-order valence-corrected chi connectivity index (χ4v) is 4.61. The summed E-state index contributed by atoms with van der Waals surface area (Å²) in [4.78, 5) is 37.2. The number of furan rings is 1. The summed E-state index contributed by atoms with van der Waals surface area (Å²) < 4.78 is 4.47. The lowest BCUT2D eigenvalue weighted by atomic mass is 9.96. The van der Waals surface area contributed by atoms with Gasteiger partial charge in [0.15, 0.2) is 0 Å². The van der Waals surface area contributed by atoms with E-state index < -0.39 is 22.8 Å². The maximum Gasteiger partial charge on any atom is 0.327 e. The van der Waals surface area contributed by atoms with E-state index in [-0.39, 0.29) is 17.2 Å². The quantitative estimate of drug-likeness (QED) is 0.799. The Kier molecular flexibility index (Phi) is 3.24. The van der Waals surface area contributed by atoms with Crippen molar-refractivity contribution in [3.63, 3.8) is 0 Å². The zero-order valence-electron chi connectivity index (χ0n) is 12.3. The molecule has 2 N–H and O–H groups in total. The number of carbonyl (C=O) groups excluding carboxylic acids is 2. The van der Waals surface area contributed by atoms with E-state index in [1.54, 1.807) is 20.8 Å². The van der Waals surface area contributed by atoms with Crippen LogP contribution in [0.1, 0.15) is 30.0 Å². The molecule has 0 saturated carbocycles. The van der Waals surface area contributed by atoms with Gasteiger partial charge in [-0.3, -0.25) is 9.59 Å². The van der Waals surface area contributed by atoms with Gasteiger partial charge in [-0.25, -0.2) is 4.79 Å². The fraction of sp³-hybridized carbons (Fsp3) is 0.500. The van der Waals surface area contributed by atoms with Gasteiger partial charge in [-0.1, -0.05) is 0 Å². The van der Waals surface area contributed by atoms with E-state index in [1.165, 1.54) is 29.0 Å². The molecule has 0 aromatic carbocycles. The van der Waals surface area contributed by atoms with Gasteiger partial charge in [0.2, 0.25) is 5.91 Å². The third-order valence-electron chi connectivity index (χ3n) is 4.06. The Labute approximate surface area is 131 Å². The third-order valence-corrected chi connectivity index (χ3v) is 5.64. The highest BCUT2D eigenvalue weighted by molar-refractivity contribution is 8.01. The fourth-order valence-electron chi connectivity index (χ4n) is 2.98. The lowest BCUT2D eigenvalue weighted by Crippen LogP contribution is -2.70. The predicted octanol–water partition coefficient (Wildman–Crippen LogP) is 0.833. The first kappa shape index (κ1) is 15.0. The largest absolute Gasteiger partial charge is 0.480 e. The van der Waals surface area contributed by atoms with Crippen molar-refractivity contribution in [2.45, 2.75) is 43.0 Å². The van der Waals surface area contributed by atoms with Crippen molar-refractivity contribution in [3.8, 4) is 0 Å². The van der Waals surface area contributed by atoms with Crippen LogP contribution in [0.2, 0.25) is 0 Å². The summed E-state index contributed by atoms with van der Waals surface area (Å²) in [5.41, 5.74) is 0.378. The van der Waals surface area contributed by atoms with Gasteiger partial charge in [0.1, 0.15) is 23.2 Å². The van der Waals surface area contributed by atoms with Crippen LogP contribution in [-0.4, -0.2) is 50.0 Å². The number of aryl methyl sites for hydroxylation is 1. The van der Waals surface area contributed by atoms with E-state index in [0.717, 1.165) is 0 Å². The van der Waals surface area contributed by atoms with E-state index in [1.807, 2.05) is 0 Å². The minimum atomic E-state index is -1.02. The number of carboxylic acid groups (broad SMARTS) is 1.